The number of primary amides is 1. The molecule has 0 aliphatic carbocycles. The van der Waals surface area contributed by atoms with Crippen molar-refractivity contribution in [3.05, 3.63) is 0 Å². The van der Waals surface area contributed by atoms with Gasteiger partial charge in [0.25, 0.3) is 0 Å². The lowest BCUT2D eigenvalue weighted by molar-refractivity contribution is 0.205. The molecule has 0 unspecified atom stereocenters. The lowest BCUT2D eigenvalue weighted by Gasteiger charge is -1.82. The van der Waals surface area contributed by atoms with Gasteiger partial charge in [-0.15, -0.1) is 0 Å². The maximum absolute atomic E-state index is 8.88. The molecule has 6 N–H and O–H groups in total. The lowest BCUT2D eigenvalue weighted by atomic mass is 11.3. The SMILES string of the molecule is C.NC(=O)O.O=P(O)(O)O. The summed E-state index contributed by atoms with van der Waals surface area (Å²) in [6, 6.07) is 0. The van der Waals surface area contributed by atoms with Gasteiger partial charge in [0, 0.05) is 0 Å². The van der Waals surface area contributed by atoms with Crippen LogP contribution in [-0.2, 0) is 4.57 Å². The summed E-state index contributed by atoms with van der Waals surface area (Å²) >= 11 is 0. The van der Waals surface area contributed by atoms with Gasteiger partial charge in [0.1, 0.15) is 0 Å². The maximum atomic E-state index is 8.88. The van der Waals surface area contributed by atoms with E-state index in [9.17, 15) is 0 Å². The zero-order valence-electron chi connectivity index (χ0n) is 4.13. The average Bonchev–Trinajstić information content (AvgIpc) is 1.19. The minimum atomic E-state index is -4.64. The highest BCUT2D eigenvalue weighted by Gasteiger charge is 2.00. The zero-order chi connectivity index (χ0) is 8.08. The third-order valence-electron chi connectivity index (χ3n) is 0. The van der Waals surface area contributed by atoms with Crippen molar-refractivity contribution in [2.45, 2.75) is 7.43 Å². The number of rotatable bonds is 0. The number of amides is 1. The molecule has 10 heavy (non-hydrogen) atoms. The molecule has 8 heteroatoms. The van der Waals surface area contributed by atoms with Crippen LogP contribution in [-0.4, -0.2) is 25.9 Å². The molecule has 0 spiro atoms. The van der Waals surface area contributed by atoms with Gasteiger partial charge in [0.2, 0.25) is 0 Å². The van der Waals surface area contributed by atoms with Crippen LogP contribution in [0.15, 0.2) is 0 Å². The summed E-state index contributed by atoms with van der Waals surface area (Å²) in [6.45, 7) is 0. The van der Waals surface area contributed by atoms with Crippen LogP contribution >= 0.6 is 7.82 Å². The third kappa shape index (κ3) is 781. The van der Waals surface area contributed by atoms with Crippen LogP contribution < -0.4 is 5.73 Å². The molecule has 64 valence electrons. The molecular weight excluding hydrogens is 165 g/mol. The molecule has 0 radical (unpaired) electrons. The fourth-order valence-electron chi connectivity index (χ4n) is 0. The predicted octanol–water partition coefficient (Wildman–Crippen LogP) is -0.669. The van der Waals surface area contributed by atoms with Gasteiger partial charge in [-0.25, -0.2) is 9.36 Å². The summed E-state index contributed by atoms with van der Waals surface area (Å²) in [5.74, 6) is 0. The largest absolute Gasteiger partial charge is 0.466 e. The Morgan fingerprint density at radius 3 is 1.30 bits per heavy atom. The van der Waals surface area contributed by atoms with Gasteiger partial charge in [0.05, 0.1) is 0 Å². The van der Waals surface area contributed by atoms with Gasteiger partial charge in [-0.2, -0.15) is 0 Å². The topological polar surface area (TPSA) is 141 Å². The van der Waals surface area contributed by atoms with Crippen molar-refractivity contribution in [2.24, 2.45) is 5.73 Å². The first kappa shape index (κ1) is 16.2. The van der Waals surface area contributed by atoms with E-state index in [-0.39, 0.29) is 7.43 Å². The van der Waals surface area contributed by atoms with Crippen LogP contribution in [0, 0.1) is 0 Å². The third-order valence-corrected chi connectivity index (χ3v) is 0. The molecule has 0 aromatic carbocycles. The highest BCUT2D eigenvalue weighted by Crippen LogP contribution is 2.25. The fourth-order valence-corrected chi connectivity index (χ4v) is 0. The van der Waals surface area contributed by atoms with E-state index in [2.05, 4.69) is 5.73 Å². The second kappa shape index (κ2) is 6.50. The molecule has 7 nitrogen and oxygen atoms in total. The van der Waals surface area contributed by atoms with E-state index in [0.29, 0.717) is 0 Å². The summed E-state index contributed by atoms with van der Waals surface area (Å²) in [5.41, 5.74) is 4.03. The summed E-state index contributed by atoms with van der Waals surface area (Å²) in [4.78, 5) is 30.3. The van der Waals surface area contributed by atoms with Crippen LogP contribution in [0.1, 0.15) is 7.43 Å². The van der Waals surface area contributed by atoms with Crippen LogP contribution in [0.5, 0.6) is 0 Å². The Morgan fingerprint density at radius 2 is 1.30 bits per heavy atom. The Hall–Kier alpha value is -0.620. The molecule has 0 aromatic rings. The first-order chi connectivity index (χ1) is 3.73. The van der Waals surface area contributed by atoms with E-state index < -0.39 is 13.9 Å². The molecule has 0 saturated heterocycles. The first-order valence-electron chi connectivity index (χ1n) is 1.50. The van der Waals surface area contributed by atoms with Crippen molar-refractivity contribution in [3.8, 4) is 0 Å². The van der Waals surface area contributed by atoms with E-state index in [4.69, 9.17) is 29.1 Å². The molecular formula is C2H10NO6P. The first-order valence-corrected chi connectivity index (χ1v) is 3.06. The summed E-state index contributed by atoms with van der Waals surface area (Å²) < 4.78 is 8.88. The summed E-state index contributed by atoms with van der Waals surface area (Å²) in [7, 11) is -4.64. The summed E-state index contributed by atoms with van der Waals surface area (Å²) in [6.07, 6.45) is -1.33. The van der Waals surface area contributed by atoms with E-state index in [0.717, 1.165) is 0 Å². The van der Waals surface area contributed by atoms with Crippen LogP contribution in [0.4, 0.5) is 4.79 Å². The molecule has 0 heterocycles. The molecule has 0 bridgehead atoms. The smallest absolute Gasteiger partial charge is 0.465 e. The molecule has 0 aromatic heterocycles. The van der Waals surface area contributed by atoms with Gasteiger partial charge in [-0.05, 0) is 0 Å². The second-order valence-electron chi connectivity index (χ2n) is 0.852. The van der Waals surface area contributed by atoms with Gasteiger partial charge in [0.15, 0.2) is 0 Å². The normalized spacial score (nSPS) is 8.30. The van der Waals surface area contributed by atoms with Crippen molar-refractivity contribution in [1.82, 2.24) is 0 Å². The number of phosphoric acid groups is 1. The molecule has 0 atom stereocenters. The number of hydrogen-bond acceptors (Lipinski definition) is 2. The van der Waals surface area contributed by atoms with Gasteiger partial charge in [-0.1, -0.05) is 7.43 Å². The van der Waals surface area contributed by atoms with Gasteiger partial charge in [-0.3, -0.25) is 0 Å². The van der Waals surface area contributed by atoms with Crippen molar-refractivity contribution in [3.63, 3.8) is 0 Å². The molecule has 0 aliphatic rings. The Kier molecular flexibility index (Phi) is 10.5. The summed E-state index contributed by atoms with van der Waals surface area (Å²) in [5, 5.41) is 7.19. The number of carbonyl (C=O) groups is 1. The minimum absolute atomic E-state index is 0. The second-order valence-corrected chi connectivity index (χ2v) is 1.88. The van der Waals surface area contributed by atoms with E-state index in [1.807, 2.05) is 0 Å². The Morgan fingerprint density at radius 1 is 1.30 bits per heavy atom. The van der Waals surface area contributed by atoms with Crippen LogP contribution in [0.3, 0.4) is 0 Å². The monoisotopic (exact) mass is 175 g/mol. The molecule has 0 saturated carbocycles. The van der Waals surface area contributed by atoms with Crippen molar-refractivity contribution < 1.29 is 29.1 Å². The Bertz CT molecular complexity index is 115. The predicted molar refractivity (Wildman–Crippen MR) is 33.2 cm³/mol. The number of carboxylic acid groups (broad SMARTS) is 1. The molecule has 1 amide bonds. The highest BCUT2D eigenvalue weighted by atomic mass is 31.2. The van der Waals surface area contributed by atoms with E-state index >= 15 is 0 Å². The standard InChI is InChI=1S/CH3NO2.CH4.H3O4P/c2-1(3)4;;1-5(2,3)4/h2H2,(H,3,4);1H4;(H3,1,2,3,4). The van der Waals surface area contributed by atoms with Crippen LogP contribution in [0.25, 0.3) is 0 Å². The van der Waals surface area contributed by atoms with Crippen LogP contribution in [0.2, 0.25) is 0 Å². The Labute approximate surface area is 57.3 Å². The average molecular weight is 175 g/mol. The van der Waals surface area contributed by atoms with E-state index in [1.54, 1.807) is 0 Å². The van der Waals surface area contributed by atoms with Crippen molar-refractivity contribution >= 4 is 13.9 Å². The van der Waals surface area contributed by atoms with Gasteiger partial charge >= 0.3 is 13.9 Å². The number of hydrogen-bond donors (Lipinski definition) is 5. The Balaban J connectivity index is -0.0000000910. The lowest BCUT2D eigenvalue weighted by Crippen LogP contribution is -2.03. The molecule has 0 fully saturated rings. The van der Waals surface area contributed by atoms with E-state index in [1.165, 1.54) is 0 Å². The molecule has 0 aliphatic heterocycles. The molecule has 0 rings (SSSR count). The highest BCUT2D eigenvalue weighted by molar-refractivity contribution is 7.45. The van der Waals surface area contributed by atoms with Crippen molar-refractivity contribution in [1.29, 1.82) is 0 Å². The van der Waals surface area contributed by atoms with Crippen molar-refractivity contribution in [2.75, 3.05) is 0 Å². The van der Waals surface area contributed by atoms with Gasteiger partial charge < -0.3 is 25.5 Å². The maximum Gasteiger partial charge on any atom is 0.466 e. The zero-order valence-corrected chi connectivity index (χ0v) is 5.02. The number of nitrogens with two attached hydrogens (primary N) is 1. The quantitative estimate of drug-likeness (QED) is 0.309. The minimum Gasteiger partial charge on any atom is -0.465 e. The fraction of sp³-hybridized carbons (Fsp3) is 0.500.